The molecule has 0 saturated carbocycles. The normalized spacial score (nSPS) is 11.4. The molecule has 0 spiro atoms. The number of aromatic carboxylic acids is 1. The van der Waals surface area contributed by atoms with Crippen molar-refractivity contribution in [2.45, 2.75) is 45.1 Å². The number of carbonyl (C=O) groups is 1. The lowest BCUT2D eigenvalue weighted by molar-refractivity contribution is 0.0697. The van der Waals surface area contributed by atoms with Crippen molar-refractivity contribution < 1.29 is 19.0 Å². The molecular formula is C35H31FN2O3. The molecule has 0 aliphatic carbocycles. The molecule has 41 heavy (non-hydrogen) atoms. The van der Waals surface area contributed by atoms with Crippen molar-refractivity contribution >= 4 is 16.9 Å². The van der Waals surface area contributed by atoms with E-state index in [-0.39, 0.29) is 11.4 Å². The molecule has 5 aromatic rings. The number of nitrogens with zero attached hydrogens (tertiary/aromatic N) is 2. The largest absolute Gasteiger partial charge is 0.488 e. The molecule has 1 N–H and O–H groups in total. The molecule has 4 aromatic carbocycles. The summed E-state index contributed by atoms with van der Waals surface area (Å²) in [5, 5.41) is 19.8. The van der Waals surface area contributed by atoms with Gasteiger partial charge in [0.2, 0.25) is 0 Å². The Morgan fingerprint density at radius 2 is 1.63 bits per heavy atom. The number of aromatic nitrogens is 1. The molecule has 0 fully saturated rings. The molecule has 5 nitrogen and oxygen atoms in total. The van der Waals surface area contributed by atoms with Gasteiger partial charge in [0.05, 0.1) is 17.1 Å². The van der Waals surface area contributed by atoms with Gasteiger partial charge in [0.25, 0.3) is 0 Å². The standard InChI is InChI=1S/C35H31FN2O3/c1-35(2,20-7-21-37)33-29(22-24-12-14-26(15-13-24)34(39)40)32-30(38(33)28-18-16-27(36)17-19-28)10-6-11-31(32)41-23-25-8-4-3-5-9-25/h3-6,8-19H,7,20,22-23H2,1-2H3,(H,39,40). The van der Waals surface area contributed by atoms with E-state index in [1.54, 1.807) is 24.3 Å². The van der Waals surface area contributed by atoms with Crippen LogP contribution in [0.3, 0.4) is 0 Å². The van der Waals surface area contributed by atoms with Gasteiger partial charge in [-0.15, -0.1) is 0 Å². The zero-order chi connectivity index (χ0) is 29.0. The molecule has 0 aliphatic rings. The van der Waals surface area contributed by atoms with Crippen molar-refractivity contribution in [1.29, 1.82) is 5.26 Å². The van der Waals surface area contributed by atoms with Crippen LogP contribution in [0.15, 0.2) is 97.1 Å². The second-order valence-corrected chi connectivity index (χ2v) is 10.8. The smallest absolute Gasteiger partial charge is 0.335 e. The van der Waals surface area contributed by atoms with Gasteiger partial charge in [0, 0.05) is 35.0 Å². The number of hydrogen-bond donors (Lipinski definition) is 1. The van der Waals surface area contributed by atoms with Crippen LogP contribution in [-0.2, 0) is 18.4 Å². The van der Waals surface area contributed by atoms with Crippen LogP contribution in [0.2, 0.25) is 0 Å². The Labute approximate surface area is 239 Å². The molecule has 0 radical (unpaired) electrons. The number of fused-ring (bicyclic) bond motifs is 1. The van der Waals surface area contributed by atoms with E-state index in [0.29, 0.717) is 25.9 Å². The van der Waals surface area contributed by atoms with Crippen LogP contribution in [0.5, 0.6) is 5.75 Å². The quantitative estimate of drug-likeness (QED) is 0.191. The molecule has 5 rings (SSSR count). The van der Waals surface area contributed by atoms with E-state index < -0.39 is 11.4 Å². The maximum absolute atomic E-state index is 14.0. The van der Waals surface area contributed by atoms with Crippen molar-refractivity contribution in [3.8, 4) is 17.5 Å². The number of hydrogen-bond acceptors (Lipinski definition) is 3. The van der Waals surface area contributed by atoms with Crippen molar-refractivity contribution in [1.82, 2.24) is 4.57 Å². The highest BCUT2D eigenvalue weighted by Crippen LogP contribution is 2.43. The highest BCUT2D eigenvalue weighted by molar-refractivity contribution is 5.93. The fraction of sp³-hybridized carbons (Fsp3) is 0.200. The summed E-state index contributed by atoms with van der Waals surface area (Å²) in [4.78, 5) is 11.5. The SMILES string of the molecule is CC(C)(CCC#N)c1c(Cc2ccc(C(=O)O)cc2)c2c(OCc3ccccc3)cccc2n1-c1ccc(F)cc1. The van der Waals surface area contributed by atoms with Crippen LogP contribution >= 0.6 is 0 Å². The second kappa shape index (κ2) is 11.7. The highest BCUT2D eigenvalue weighted by Gasteiger charge is 2.32. The van der Waals surface area contributed by atoms with E-state index in [2.05, 4.69) is 24.5 Å². The van der Waals surface area contributed by atoms with Crippen molar-refractivity contribution in [2.75, 3.05) is 0 Å². The molecule has 0 aliphatic heterocycles. The van der Waals surface area contributed by atoms with Gasteiger partial charge in [-0.1, -0.05) is 62.4 Å². The summed E-state index contributed by atoms with van der Waals surface area (Å²) in [5.41, 5.74) is 5.54. The zero-order valence-corrected chi connectivity index (χ0v) is 23.1. The van der Waals surface area contributed by atoms with E-state index in [9.17, 15) is 19.6 Å². The Hall–Kier alpha value is -4.89. The van der Waals surface area contributed by atoms with Crippen molar-refractivity contribution in [3.63, 3.8) is 0 Å². The van der Waals surface area contributed by atoms with Crippen LogP contribution in [-0.4, -0.2) is 15.6 Å². The maximum Gasteiger partial charge on any atom is 0.335 e. The first-order valence-corrected chi connectivity index (χ1v) is 13.6. The number of nitriles is 1. The Bertz CT molecular complexity index is 1710. The second-order valence-electron chi connectivity index (χ2n) is 10.8. The van der Waals surface area contributed by atoms with E-state index >= 15 is 0 Å². The molecule has 1 heterocycles. The first kappa shape index (κ1) is 27.7. The van der Waals surface area contributed by atoms with Gasteiger partial charge in [-0.05, 0) is 71.6 Å². The third kappa shape index (κ3) is 5.85. The number of rotatable bonds is 10. The summed E-state index contributed by atoms with van der Waals surface area (Å²) < 4.78 is 22.6. The first-order valence-electron chi connectivity index (χ1n) is 13.6. The van der Waals surface area contributed by atoms with Gasteiger partial charge in [0.15, 0.2) is 0 Å². The lowest BCUT2D eigenvalue weighted by atomic mass is 9.80. The van der Waals surface area contributed by atoms with Gasteiger partial charge in [-0.2, -0.15) is 5.26 Å². The van der Waals surface area contributed by atoms with E-state index in [4.69, 9.17) is 4.74 Å². The van der Waals surface area contributed by atoms with Crippen LogP contribution in [0.25, 0.3) is 16.6 Å². The molecule has 206 valence electrons. The first-order chi connectivity index (χ1) is 19.8. The predicted octanol–water partition coefficient (Wildman–Crippen LogP) is 8.22. The fourth-order valence-electron chi connectivity index (χ4n) is 5.44. The minimum absolute atomic E-state index is 0.226. The highest BCUT2D eigenvalue weighted by atomic mass is 19.1. The summed E-state index contributed by atoms with van der Waals surface area (Å²) in [6.07, 6.45) is 1.51. The lowest BCUT2D eigenvalue weighted by Gasteiger charge is -2.28. The molecule has 0 bridgehead atoms. The summed E-state index contributed by atoms with van der Waals surface area (Å²) in [7, 11) is 0. The van der Waals surface area contributed by atoms with E-state index in [0.717, 1.165) is 44.7 Å². The molecule has 1 aromatic heterocycles. The Balaban J connectivity index is 1.76. The summed E-state index contributed by atoms with van der Waals surface area (Å²) >= 11 is 0. The van der Waals surface area contributed by atoms with Gasteiger partial charge < -0.3 is 14.4 Å². The Morgan fingerprint density at radius 3 is 2.29 bits per heavy atom. The van der Waals surface area contributed by atoms with Gasteiger partial charge in [-0.25, -0.2) is 9.18 Å². The lowest BCUT2D eigenvalue weighted by Crippen LogP contribution is -2.23. The summed E-state index contributed by atoms with van der Waals surface area (Å²) in [5.74, 6) is -0.567. The van der Waals surface area contributed by atoms with Crippen LogP contribution in [0, 0.1) is 17.1 Å². The topological polar surface area (TPSA) is 75.2 Å². The number of benzene rings is 4. The number of carboxylic acid groups (broad SMARTS) is 1. The van der Waals surface area contributed by atoms with Gasteiger partial charge in [0.1, 0.15) is 18.2 Å². The summed E-state index contributed by atoms with van der Waals surface area (Å²) in [6.45, 7) is 4.64. The fourth-order valence-corrected chi connectivity index (χ4v) is 5.44. The van der Waals surface area contributed by atoms with E-state index in [1.807, 2.05) is 60.7 Å². The zero-order valence-electron chi connectivity index (χ0n) is 23.1. The Morgan fingerprint density at radius 1 is 0.927 bits per heavy atom. The molecule has 0 saturated heterocycles. The number of halogens is 1. The van der Waals surface area contributed by atoms with Crippen molar-refractivity contribution in [3.05, 3.63) is 131 Å². The van der Waals surface area contributed by atoms with Crippen LogP contribution < -0.4 is 4.74 Å². The molecule has 0 unspecified atom stereocenters. The Kier molecular flexibility index (Phi) is 7.89. The molecular weight excluding hydrogens is 515 g/mol. The van der Waals surface area contributed by atoms with Gasteiger partial charge in [-0.3, -0.25) is 0 Å². The molecule has 0 amide bonds. The third-order valence-corrected chi connectivity index (χ3v) is 7.46. The number of carboxylic acids is 1. The predicted molar refractivity (Wildman–Crippen MR) is 158 cm³/mol. The molecule has 0 atom stereocenters. The average Bonchev–Trinajstić information content (AvgIpc) is 3.31. The van der Waals surface area contributed by atoms with Gasteiger partial charge >= 0.3 is 5.97 Å². The van der Waals surface area contributed by atoms with Crippen molar-refractivity contribution in [2.24, 2.45) is 0 Å². The minimum atomic E-state index is -0.973. The maximum atomic E-state index is 14.0. The third-order valence-electron chi connectivity index (χ3n) is 7.46. The van der Waals surface area contributed by atoms with Crippen LogP contribution in [0.4, 0.5) is 4.39 Å². The number of ether oxygens (including phenoxy) is 1. The minimum Gasteiger partial charge on any atom is -0.488 e. The average molecular weight is 547 g/mol. The monoisotopic (exact) mass is 546 g/mol. The molecule has 6 heteroatoms. The van der Waals surface area contributed by atoms with E-state index in [1.165, 1.54) is 12.1 Å². The summed E-state index contributed by atoms with van der Waals surface area (Å²) in [6, 6.07) is 31.6. The van der Waals surface area contributed by atoms with Crippen LogP contribution in [0.1, 0.15) is 59.4 Å².